The summed E-state index contributed by atoms with van der Waals surface area (Å²) >= 11 is 1.69. The Balaban J connectivity index is 1.62. The second-order valence-electron chi connectivity index (χ2n) is 8.06. The van der Waals surface area contributed by atoms with E-state index in [9.17, 15) is 5.11 Å². The van der Waals surface area contributed by atoms with Crippen LogP contribution in [0.2, 0.25) is 0 Å². The Morgan fingerprint density at radius 1 is 1.11 bits per heavy atom. The minimum atomic E-state index is 0.292. The molecule has 1 fully saturated rings. The molecule has 0 radical (unpaired) electrons. The topological polar surface area (TPSA) is 61.3 Å². The van der Waals surface area contributed by atoms with Crippen molar-refractivity contribution in [3.8, 4) is 17.0 Å². The van der Waals surface area contributed by atoms with Gasteiger partial charge in [-0.3, -0.25) is 0 Å². The standard InChI is InChI=1S/C22H28N4OS/c1-13-11-20(23-17-7-5-6-8-18(17)26(3)4)24-25-21(13)15-9-10-19-16(22(15)27)12-14(2)28-19/h9-12,17-18,27H,5-8H2,1-4H3,(H,23,24)/t17-,18-/m0/s1. The molecule has 5 nitrogen and oxygen atoms in total. The fourth-order valence-corrected chi connectivity index (χ4v) is 5.25. The monoisotopic (exact) mass is 396 g/mol. The quantitative estimate of drug-likeness (QED) is 0.652. The zero-order chi connectivity index (χ0) is 19.8. The molecule has 2 N–H and O–H groups in total. The van der Waals surface area contributed by atoms with Crippen LogP contribution >= 0.6 is 11.3 Å². The van der Waals surface area contributed by atoms with Crippen LogP contribution in [0.3, 0.4) is 0 Å². The van der Waals surface area contributed by atoms with Crippen LogP contribution < -0.4 is 5.32 Å². The maximum absolute atomic E-state index is 10.8. The molecule has 0 spiro atoms. The molecule has 2 aromatic heterocycles. The van der Waals surface area contributed by atoms with Gasteiger partial charge in [-0.25, -0.2) is 0 Å². The normalized spacial score (nSPS) is 20.0. The highest BCUT2D eigenvalue weighted by Crippen LogP contribution is 2.39. The molecule has 0 aliphatic heterocycles. The number of nitrogens with zero attached hydrogens (tertiary/aromatic N) is 3. The summed E-state index contributed by atoms with van der Waals surface area (Å²) in [7, 11) is 4.30. The summed E-state index contributed by atoms with van der Waals surface area (Å²) in [6.07, 6.45) is 4.90. The van der Waals surface area contributed by atoms with E-state index in [1.165, 1.54) is 24.1 Å². The lowest BCUT2D eigenvalue weighted by Gasteiger charge is -2.36. The summed E-state index contributed by atoms with van der Waals surface area (Å²) in [5.74, 6) is 1.10. The highest BCUT2D eigenvalue weighted by molar-refractivity contribution is 7.19. The van der Waals surface area contributed by atoms with E-state index in [1.54, 1.807) is 11.3 Å². The molecule has 0 saturated heterocycles. The predicted molar refractivity (Wildman–Crippen MR) is 117 cm³/mol. The van der Waals surface area contributed by atoms with Gasteiger partial charge in [0.05, 0.1) is 5.69 Å². The number of thiophene rings is 1. The van der Waals surface area contributed by atoms with Gasteiger partial charge in [-0.05, 0) is 70.6 Å². The summed E-state index contributed by atoms with van der Waals surface area (Å²) in [4.78, 5) is 3.49. The van der Waals surface area contributed by atoms with Crippen LogP contribution in [0, 0.1) is 13.8 Å². The minimum Gasteiger partial charge on any atom is -0.507 e. The van der Waals surface area contributed by atoms with E-state index in [0.29, 0.717) is 17.8 Å². The number of benzene rings is 1. The Hall–Kier alpha value is -2.18. The molecular weight excluding hydrogens is 368 g/mol. The van der Waals surface area contributed by atoms with Crippen molar-refractivity contribution in [2.45, 2.75) is 51.6 Å². The van der Waals surface area contributed by atoms with Gasteiger partial charge in [-0.1, -0.05) is 12.8 Å². The molecule has 28 heavy (non-hydrogen) atoms. The lowest BCUT2D eigenvalue weighted by Crippen LogP contribution is -2.45. The lowest BCUT2D eigenvalue weighted by molar-refractivity contribution is 0.211. The van der Waals surface area contributed by atoms with E-state index in [2.05, 4.69) is 47.5 Å². The second kappa shape index (κ2) is 7.68. The number of aromatic hydroxyl groups is 1. The molecule has 4 rings (SSSR count). The average molecular weight is 397 g/mol. The SMILES string of the molecule is Cc1cc2c(O)c(-c3nnc(N[C@H]4CCCC[C@@H]4N(C)C)cc3C)ccc2s1. The van der Waals surface area contributed by atoms with Gasteiger partial charge in [0, 0.05) is 32.6 Å². The fraction of sp³-hybridized carbons (Fsp3) is 0.455. The van der Waals surface area contributed by atoms with E-state index in [4.69, 9.17) is 0 Å². The molecule has 0 amide bonds. The molecule has 6 heteroatoms. The first-order valence-corrected chi connectivity index (χ1v) is 10.8. The van der Waals surface area contributed by atoms with Gasteiger partial charge in [-0.2, -0.15) is 0 Å². The number of nitrogens with one attached hydrogen (secondary N) is 1. The highest BCUT2D eigenvalue weighted by Gasteiger charge is 2.27. The zero-order valence-corrected chi connectivity index (χ0v) is 17.8. The maximum Gasteiger partial charge on any atom is 0.149 e. The molecule has 0 unspecified atom stereocenters. The molecule has 1 aliphatic rings. The Morgan fingerprint density at radius 2 is 1.89 bits per heavy atom. The van der Waals surface area contributed by atoms with E-state index < -0.39 is 0 Å². The van der Waals surface area contributed by atoms with E-state index in [-0.39, 0.29) is 0 Å². The van der Waals surface area contributed by atoms with Crippen LogP contribution in [-0.4, -0.2) is 46.4 Å². The van der Waals surface area contributed by atoms with Gasteiger partial charge in [0.15, 0.2) is 0 Å². The summed E-state index contributed by atoms with van der Waals surface area (Å²) < 4.78 is 1.09. The molecule has 2 heterocycles. The van der Waals surface area contributed by atoms with Gasteiger partial charge in [0.2, 0.25) is 0 Å². The number of likely N-dealkylation sites (N-methyl/N-ethyl adjacent to an activating group) is 1. The minimum absolute atomic E-state index is 0.292. The van der Waals surface area contributed by atoms with Crippen LogP contribution in [0.5, 0.6) is 5.75 Å². The first-order valence-electron chi connectivity index (χ1n) is 9.94. The van der Waals surface area contributed by atoms with Crippen molar-refractivity contribution >= 4 is 27.2 Å². The molecule has 1 saturated carbocycles. The van der Waals surface area contributed by atoms with Crippen molar-refractivity contribution in [2.75, 3.05) is 19.4 Å². The smallest absolute Gasteiger partial charge is 0.149 e. The first kappa shape index (κ1) is 19.2. The number of fused-ring (bicyclic) bond motifs is 1. The predicted octanol–water partition coefficient (Wildman–Crippen LogP) is 4.97. The highest BCUT2D eigenvalue weighted by atomic mass is 32.1. The van der Waals surface area contributed by atoms with Crippen molar-refractivity contribution in [1.82, 2.24) is 15.1 Å². The Morgan fingerprint density at radius 3 is 2.64 bits per heavy atom. The molecule has 148 valence electrons. The number of hydrogen-bond donors (Lipinski definition) is 2. The lowest BCUT2D eigenvalue weighted by atomic mass is 9.89. The van der Waals surface area contributed by atoms with Crippen molar-refractivity contribution in [3.05, 3.63) is 34.7 Å². The third kappa shape index (κ3) is 3.59. The molecular formula is C22H28N4OS. The molecule has 0 bridgehead atoms. The van der Waals surface area contributed by atoms with Gasteiger partial charge in [0.1, 0.15) is 11.6 Å². The average Bonchev–Trinajstić information content (AvgIpc) is 3.04. The van der Waals surface area contributed by atoms with Gasteiger partial charge >= 0.3 is 0 Å². The largest absolute Gasteiger partial charge is 0.507 e. The van der Waals surface area contributed by atoms with Crippen LogP contribution in [0.1, 0.15) is 36.1 Å². The van der Waals surface area contributed by atoms with Crippen LogP contribution in [0.15, 0.2) is 24.3 Å². The summed E-state index contributed by atoms with van der Waals surface area (Å²) in [6, 6.07) is 8.99. The van der Waals surface area contributed by atoms with Crippen molar-refractivity contribution in [3.63, 3.8) is 0 Å². The summed E-state index contributed by atoms with van der Waals surface area (Å²) in [6.45, 7) is 4.09. The molecule has 2 atom stereocenters. The first-order chi connectivity index (χ1) is 13.4. The number of aromatic nitrogens is 2. The van der Waals surface area contributed by atoms with Crippen molar-refractivity contribution in [2.24, 2.45) is 0 Å². The Bertz CT molecular complexity index is 998. The zero-order valence-electron chi connectivity index (χ0n) is 17.0. The maximum atomic E-state index is 10.8. The summed E-state index contributed by atoms with van der Waals surface area (Å²) in [5, 5.41) is 24.2. The number of phenols is 1. The third-order valence-corrected chi connectivity index (χ3v) is 6.78. The van der Waals surface area contributed by atoms with Gasteiger partial charge in [0.25, 0.3) is 0 Å². The van der Waals surface area contributed by atoms with E-state index in [0.717, 1.165) is 39.1 Å². The number of hydrogen-bond acceptors (Lipinski definition) is 6. The van der Waals surface area contributed by atoms with Crippen molar-refractivity contribution in [1.29, 1.82) is 0 Å². The number of aryl methyl sites for hydroxylation is 2. The van der Waals surface area contributed by atoms with E-state index in [1.807, 2.05) is 25.1 Å². The Labute approximate surface area is 170 Å². The van der Waals surface area contributed by atoms with Crippen LogP contribution in [0.4, 0.5) is 5.82 Å². The number of anilines is 1. The second-order valence-corrected chi connectivity index (χ2v) is 9.35. The molecule has 3 aromatic rings. The third-order valence-electron chi connectivity index (χ3n) is 5.76. The molecule has 1 aliphatic carbocycles. The fourth-order valence-electron chi connectivity index (χ4n) is 4.32. The van der Waals surface area contributed by atoms with Gasteiger partial charge < -0.3 is 15.3 Å². The van der Waals surface area contributed by atoms with Crippen molar-refractivity contribution < 1.29 is 5.11 Å². The van der Waals surface area contributed by atoms with Crippen LogP contribution in [0.25, 0.3) is 21.3 Å². The molecule has 1 aromatic carbocycles. The Kier molecular flexibility index (Phi) is 5.25. The van der Waals surface area contributed by atoms with Gasteiger partial charge in [-0.15, -0.1) is 21.5 Å². The summed E-state index contributed by atoms with van der Waals surface area (Å²) in [5.41, 5.74) is 2.49. The van der Waals surface area contributed by atoms with E-state index >= 15 is 0 Å². The number of phenolic OH excluding ortho intramolecular Hbond substituents is 1. The van der Waals surface area contributed by atoms with Crippen LogP contribution in [-0.2, 0) is 0 Å². The number of rotatable bonds is 4.